The monoisotopic (exact) mass is 292 g/mol. The number of rotatable bonds is 2. The summed E-state index contributed by atoms with van der Waals surface area (Å²) in [6.45, 7) is 6.21. The van der Waals surface area contributed by atoms with E-state index in [2.05, 4.69) is 42.7 Å². The first-order valence-corrected chi connectivity index (χ1v) is 7.58. The Morgan fingerprint density at radius 1 is 1.30 bits per heavy atom. The number of benzene rings is 1. The van der Waals surface area contributed by atoms with Crippen molar-refractivity contribution in [2.45, 2.75) is 18.6 Å². The average Bonchev–Trinajstić information content (AvgIpc) is 2.78. The van der Waals surface area contributed by atoms with Crippen LogP contribution in [0.2, 0.25) is 0 Å². The van der Waals surface area contributed by atoms with Gasteiger partial charge in [-0.15, -0.1) is 0 Å². The molecule has 0 aliphatic carbocycles. The maximum Gasteiger partial charge on any atom is 0.228 e. The van der Waals surface area contributed by atoms with Gasteiger partial charge in [-0.05, 0) is 30.7 Å². The lowest BCUT2D eigenvalue weighted by atomic mass is 10.1. The van der Waals surface area contributed by atoms with Crippen LogP contribution in [-0.2, 0) is 9.53 Å². The van der Waals surface area contributed by atoms with Crippen molar-refractivity contribution in [3.63, 3.8) is 0 Å². The summed E-state index contributed by atoms with van der Waals surface area (Å²) in [5, 5.41) is 0.154. The number of amides is 1. The second-order valence-corrected chi connectivity index (χ2v) is 6.16. The molecule has 2 fully saturated rings. The number of hydrogen-bond donors (Lipinski definition) is 1. The first kappa shape index (κ1) is 13.8. The van der Waals surface area contributed by atoms with Crippen LogP contribution in [0.5, 0.6) is 0 Å². The summed E-state index contributed by atoms with van der Waals surface area (Å²) in [7, 11) is 0. The van der Waals surface area contributed by atoms with E-state index in [0.29, 0.717) is 13.0 Å². The predicted molar refractivity (Wildman–Crippen MR) is 84.0 cm³/mol. The highest BCUT2D eigenvalue weighted by atomic mass is 32.1. The first-order valence-electron chi connectivity index (χ1n) is 7.07. The van der Waals surface area contributed by atoms with Crippen molar-refractivity contribution in [1.82, 2.24) is 0 Å². The molecule has 2 heterocycles. The van der Waals surface area contributed by atoms with Crippen LogP contribution in [0.4, 0.5) is 11.4 Å². The molecular formula is C15H20N2O2S. The molecule has 1 unspecified atom stereocenters. The van der Waals surface area contributed by atoms with Crippen molar-refractivity contribution in [2.75, 3.05) is 42.6 Å². The number of hydrogen-bond acceptors (Lipinski definition) is 4. The van der Waals surface area contributed by atoms with Crippen LogP contribution in [0, 0.1) is 6.92 Å². The molecular weight excluding hydrogens is 272 g/mol. The van der Waals surface area contributed by atoms with E-state index in [4.69, 9.17) is 4.74 Å². The van der Waals surface area contributed by atoms with Gasteiger partial charge in [-0.1, -0.05) is 0 Å². The Morgan fingerprint density at radius 2 is 2.05 bits per heavy atom. The maximum absolute atomic E-state index is 12.0. The maximum atomic E-state index is 12.0. The van der Waals surface area contributed by atoms with E-state index in [0.717, 1.165) is 37.6 Å². The molecule has 3 rings (SSSR count). The van der Waals surface area contributed by atoms with Crippen molar-refractivity contribution in [3.8, 4) is 0 Å². The van der Waals surface area contributed by atoms with E-state index in [1.165, 1.54) is 5.69 Å². The molecule has 5 heteroatoms. The Hall–Kier alpha value is -1.20. The van der Waals surface area contributed by atoms with E-state index < -0.39 is 0 Å². The van der Waals surface area contributed by atoms with Crippen molar-refractivity contribution < 1.29 is 9.53 Å². The Bertz CT molecular complexity index is 515. The number of thiol groups is 1. The van der Waals surface area contributed by atoms with Gasteiger partial charge in [-0.25, -0.2) is 0 Å². The van der Waals surface area contributed by atoms with Gasteiger partial charge in [-0.2, -0.15) is 12.6 Å². The van der Waals surface area contributed by atoms with E-state index in [1.54, 1.807) is 0 Å². The zero-order valence-corrected chi connectivity index (χ0v) is 12.6. The van der Waals surface area contributed by atoms with Crippen LogP contribution >= 0.6 is 12.6 Å². The standard InChI is InChI=1S/C15H20N2O2S/c1-11-8-12(16-4-6-19-7-5-16)2-3-14(11)17-10-13(20)9-15(17)18/h2-3,8,13,20H,4-7,9-10H2,1H3. The van der Waals surface area contributed by atoms with Crippen molar-refractivity contribution >= 4 is 29.9 Å². The zero-order valence-electron chi connectivity index (χ0n) is 11.7. The van der Waals surface area contributed by atoms with E-state index in [9.17, 15) is 4.79 Å². The lowest BCUT2D eigenvalue weighted by molar-refractivity contribution is -0.117. The van der Waals surface area contributed by atoms with Gasteiger partial charge in [0.25, 0.3) is 0 Å². The highest BCUT2D eigenvalue weighted by Crippen LogP contribution is 2.30. The van der Waals surface area contributed by atoms with Crippen molar-refractivity contribution in [2.24, 2.45) is 0 Å². The van der Waals surface area contributed by atoms with Gasteiger partial charge in [0, 0.05) is 42.7 Å². The zero-order chi connectivity index (χ0) is 14.1. The minimum atomic E-state index is 0.154. The molecule has 0 spiro atoms. The second-order valence-electron chi connectivity index (χ2n) is 5.43. The molecule has 1 atom stereocenters. The van der Waals surface area contributed by atoms with Crippen LogP contribution < -0.4 is 9.80 Å². The molecule has 0 bridgehead atoms. The highest BCUT2D eigenvalue weighted by molar-refractivity contribution is 7.81. The lowest BCUT2D eigenvalue weighted by Crippen LogP contribution is -2.36. The molecule has 2 saturated heterocycles. The van der Waals surface area contributed by atoms with Crippen LogP contribution in [0.25, 0.3) is 0 Å². The van der Waals surface area contributed by atoms with Crippen molar-refractivity contribution in [1.29, 1.82) is 0 Å². The second kappa shape index (κ2) is 5.66. The quantitative estimate of drug-likeness (QED) is 0.845. The minimum Gasteiger partial charge on any atom is -0.378 e. The number of ether oxygens (including phenoxy) is 1. The molecule has 2 aliphatic heterocycles. The van der Waals surface area contributed by atoms with Gasteiger partial charge in [0.1, 0.15) is 0 Å². The Labute approximate surface area is 125 Å². The van der Waals surface area contributed by atoms with Gasteiger partial charge in [0.15, 0.2) is 0 Å². The fraction of sp³-hybridized carbons (Fsp3) is 0.533. The summed E-state index contributed by atoms with van der Waals surface area (Å²) < 4.78 is 5.38. The molecule has 108 valence electrons. The Kier molecular flexibility index (Phi) is 3.89. The summed E-state index contributed by atoms with van der Waals surface area (Å²) in [6.07, 6.45) is 0.535. The number of morpholine rings is 1. The summed E-state index contributed by atoms with van der Waals surface area (Å²) >= 11 is 4.41. The fourth-order valence-corrected chi connectivity index (χ4v) is 3.20. The molecule has 0 aromatic heterocycles. The minimum absolute atomic E-state index is 0.154. The number of nitrogens with zero attached hydrogens (tertiary/aromatic N) is 2. The Morgan fingerprint density at radius 3 is 2.65 bits per heavy atom. The topological polar surface area (TPSA) is 32.8 Å². The van der Waals surface area contributed by atoms with Crippen LogP contribution in [0.1, 0.15) is 12.0 Å². The third-order valence-corrected chi connectivity index (χ3v) is 4.30. The molecule has 1 aromatic rings. The molecule has 0 radical (unpaired) electrons. The van der Waals surface area contributed by atoms with E-state index >= 15 is 0 Å². The van der Waals surface area contributed by atoms with Crippen LogP contribution in [0.15, 0.2) is 18.2 Å². The third-order valence-electron chi connectivity index (χ3n) is 3.95. The normalized spacial score (nSPS) is 23.5. The summed E-state index contributed by atoms with van der Waals surface area (Å²) in [6, 6.07) is 6.33. The number of carbonyl (C=O) groups is 1. The van der Waals surface area contributed by atoms with Gasteiger partial charge in [0.05, 0.1) is 13.2 Å². The number of aryl methyl sites for hydroxylation is 1. The van der Waals surface area contributed by atoms with Gasteiger partial charge in [-0.3, -0.25) is 4.79 Å². The Balaban J connectivity index is 1.82. The van der Waals surface area contributed by atoms with Gasteiger partial charge in [0.2, 0.25) is 5.91 Å². The predicted octanol–water partition coefficient (Wildman–Crippen LogP) is 1.87. The molecule has 2 aliphatic rings. The summed E-state index contributed by atoms with van der Waals surface area (Å²) in [4.78, 5) is 16.2. The van der Waals surface area contributed by atoms with Gasteiger partial charge < -0.3 is 14.5 Å². The lowest BCUT2D eigenvalue weighted by Gasteiger charge is -2.30. The molecule has 4 nitrogen and oxygen atoms in total. The first-order chi connectivity index (χ1) is 9.65. The molecule has 0 saturated carbocycles. The van der Waals surface area contributed by atoms with E-state index in [-0.39, 0.29) is 11.2 Å². The smallest absolute Gasteiger partial charge is 0.228 e. The molecule has 1 aromatic carbocycles. The van der Waals surface area contributed by atoms with Crippen LogP contribution in [-0.4, -0.2) is 44.0 Å². The molecule has 20 heavy (non-hydrogen) atoms. The number of anilines is 2. The van der Waals surface area contributed by atoms with Crippen LogP contribution in [0.3, 0.4) is 0 Å². The largest absolute Gasteiger partial charge is 0.378 e. The van der Waals surface area contributed by atoms with Gasteiger partial charge >= 0.3 is 0 Å². The molecule has 1 amide bonds. The summed E-state index contributed by atoms with van der Waals surface area (Å²) in [5.74, 6) is 0.173. The van der Waals surface area contributed by atoms with Crippen molar-refractivity contribution in [3.05, 3.63) is 23.8 Å². The highest BCUT2D eigenvalue weighted by Gasteiger charge is 2.29. The fourth-order valence-electron chi connectivity index (χ4n) is 2.88. The SMILES string of the molecule is Cc1cc(N2CCOCC2)ccc1N1CC(S)CC1=O. The average molecular weight is 292 g/mol. The molecule has 0 N–H and O–H groups in total. The summed E-state index contributed by atoms with van der Waals surface area (Å²) in [5.41, 5.74) is 3.37. The number of carbonyl (C=O) groups excluding carboxylic acids is 1. The van der Waals surface area contributed by atoms with E-state index in [1.807, 2.05) is 4.90 Å². The third kappa shape index (κ3) is 2.65.